The zero-order chi connectivity index (χ0) is 18.5. The Kier molecular flexibility index (Phi) is 5.51. The van der Waals surface area contributed by atoms with Crippen LogP contribution < -0.4 is 10.2 Å². The van der Waals surface area contributed by atoms with Crippen molar-refractivity contribution in [3.8, 4) is 0 Å². The number of hydrogen-bond acceptors (Lipinski definition) is 3. The highest BCUT2D eigenvalue weighted by Crippen LogP contribution is 2.17. The van der Waals surface area contributed by atoms with E-state index in [4.69, 9.17) is 0 Å². The van der Waals surface area contributed by atoms with Crippen molar-refractivity contribution < 1.29 is 14.0 Å². The smallest absolute Gasteiger partial charge is 0.312 e. The number of nitrogens with one attached hydrogen (secondary N) is 1. The van der Waals surface area contributed by atoms with Gasteiger partial charge in [0.2, 0.25) is 0 Å². The number of aryl methyl sites for hydroxylation is 1. The first-order chi connectivity index (χ1) is 12.5. The monoisotopic (exact) mass is 355 g/mol. The minimum absolute atomic E-state index is 0.271. The number of nitrogens with zero attached hydrogens (tertiary/aromatic N) is 2. The summed E-state index contributed by atoms with van der Waals surface area (Å²) in [5, 5.41) is 2.69. The molecule has 0 atom stereocenters. The van der Waals surface area contributed by atoms with Gasteiger partial charge in [-0.1, -0.05) is 29.8 Å². The van der Waals surface area contributed by atoms with Gasteiger partial charge >= 0.3 is 11.8 Å². The second-order valence-corrected chi connectivity index (χ2v) is 6.43. The van der Waals surface area contributed by atoms with Crippen LogP contribution in [0, 0.1) is 12.7 Å². The predicted molar refractivity (Wildman–Crippen MR) is 98.2 cm³/mol. The number of carbonyl (C=O) groups is 2. The van der Waals surface area contributed by atoms with Crippen LogP contribution in [-0.2, 0) is 16.1 Å². The third kappa shape index (κ3) is 4.39. The number of carbonyl (C=O) groups excluding carboxylic acids is 2. The number of hydrogen-bond donors (Lipinski definition) is 1. The minimum Gasteiger partial charge on any atom is -0.368 e. The van der Waals surface area contributed by atoms with Gasteiger partial charge in [0.1, 0.15) is 5.82 Å². The molecule has 136 valence electrons. The van der Waals surface area contributed by atoms with E-state index in [1.165, 1.54) is 12.1 Å². The first kappa shape index (κ1) is 17.9. The molecule has 1 heterocycles. The second-order valence-electron chi connectivity index (χ2n) is 6.43. The Balaban J connectivity index is 1.49. The van der Waals surface area contributed by atoms with Crippen molar-refractivity contribution in [2.45, 2.75) is 13.5 Å². The molecule has 3 rings (SSSR count). The predicted octanol–water partition coefficient (Wildman–Crippen LogP) is 2.10. The van der Waals surface area contributed by atoms with Crippen LogP contribution in [0.3, 0.4) is 0 Å². The Morgan fingerprint density at radius 3 is 2.38 bits per heavy atom. The molecule has 1 aliphatic rings. The molecule has 6 heteroatoms. The molecule has 1 saturated heterocycles. The highest BCUT2D eigenvalue weighted by molar-refractivity contribution is 6.35. The van der Waals surface area contributed by atoms with Crippen LogP contribution >= 0.6 is 0 Å². The van der Waals surface area contributed by atoms with E-state index in [2.05, 4.69) is 10.2 Å². The molecule has 1 fully saturated rings. The van der Waals surface area contributed by atoms with E-state index < -0.39 is 11.8 Å². The van der Waals surface area contributed by atoms with Crippen molar-refractivity contribution in [1.82, 2.24) is 10.2 Å². The highest BCUT2D eigenvalue weighted by atomic mass is 19.1. The molecule has 2 aromatic carbocycles. The summed E-state index contributed by atoms with van der Waals surface area (Å²) in [5.41, 5.74) is 3.00. The summed E-state index contributed by atoms with van der Waals surface area (Å²) in [6.07, 6.45) is 0. The molecule has 2 aromatic rings. The van der Waals surface area contributed by atoms with Crippen LogP contribution in [0.2, 0.25) is 0 Å². The molecule has 0 aromatic heterocycles. The first-order valence-corrected chi connectivity index (χ1v) is 8.66. The molecule has 0 unspecified atom stereocenters. The van der Waals surface area contributed by atoms with Gasteiger partial charge in [0.25, 0.3) is 0 Å². The van der Waals surface area contributed by atoms with Crippen LogP contribution in [0.15, 0.2) is 48.5 Å². The molecule has 5 nitrogen and oxygen atoms in total. The molecular weight excluding hydrogens is 333 g/mol. The lowest BCUT2D eigenvalue weighted by Crippen LogP contribution is -2.52. The maximum Gasteiger partial charge on any atom is 0.312 e. The fourth-order valence-corrected chi connectivity index (χ4v) is 3.04. The maximum absolute atomic E-state index is 13.0. The van der Waals surface area contributed by atoms with Crippen LogP contribution in [0.25, 0.3) is 0 Å². The maximum atomic E-state index is 13.0. The fraction of sp³-hybridized carbons (Fsp3) is 0.300. The van der Waals surface area contributed by atoms with E-state index in [-0.39, 0.29) is 5.82 Å². The van der Waals surface area contributed by atoms with Crippen LogP contribution in [0.4, 0.5) is 10.1 Å². The van der Waals surface area contributed by atoms with E-state index in [1.807, 2.05) is 31.2 Å². The van der Waals surface area contributed by atoms with E-state index in [1.54, 1.807) is 17.0 Å². The van der Waals surface area contributed by atoms with Crippen LogP contribution in [-0.4, -0.2) is 42.9 Å². The molecule has 26 heavy (non-hydrogen) atoms. The van der Waals surface area contributed by atoms with Crippen molar-refractivity contribution >= 4 is 17.5 Å². The average molecular weight is 355 g/mol. The summed E-state index contributed by atoms with van der Waals surface area (Å²) in [6.45, 7) is 4.48. The number of rotatable bonds is 3. The molecule has 0 saturated carbocycles. The largest absolute Gasteiger partial charge is 0.368 e. The molecule has 1 aliphatic heterocycles. The van der Waals surface area contributed by atoms with Crippen LogP contribution in [0.1, 0.15) is 11.1 Å². The van der Waals surface area contributed by atoms with Gasteiger partial charge in [-0.15, -0.1) is 0 Å². The summed E-state index contributed by atoms with van der Waals surface area (Å²) >= 11 is 0. The Morgan fingerprint density at radius 1 is 1.04 bits per heavy atom. The van der Waals surface area contributed by atoms with Gasteiger partial charge in [0, 0.05) is 38.4 Å². The summed E-state index contributed by atoms with van der Waals surface area (Å²) in [4.78, 5) is 28.1. The number of amides is 2. The van der Waals surface area contributed by atoms with Gasteiger partial charge in [0.05, 0.1) is 0 Å². The number of piperazine rings is 1. The van der Waals surface area contributed by atoms with E-state index in [0.717, 1.165) is 16.8 Å². The SMILES string of the molecule is Cc1cccc(CNC(=O)C(=O)N2CCN(c3ccc(F)cc3)CC2)c1. The molecule has 0 radical (unpaired) electrons. The van der Waals surface area contributed by atoms with Gasteiger partial charge in [-0.25, -0.2) is 4.39 Å². The lowest BCUT2D eigenvalue weighted by molar-refractivity contribution is -0.146. The van der Waals surface area contributed by atoms with Gasteiger partial charge in [-0.05, 0) is 36.8 Å². The normalized spacial score (nSPS) is 14.2. The quantitative estimate of drug-likeness (QED) is 0.858. The topological polar surface area (TPSA) is 52.7 Å². The molecule has 2 amide bonds. The number of anilines is 1. The number of benzene rings is 2. The van der Waals surface area contributed by atoms with Crippen molar-refractivity contribution in [2.24, 2.45) is 0 Å². The highest BCUT2D eigenvalue weighted by Gasteiger charge is 2.25. The Bertz CT molecular complexity index is 784. The Labute approximate surface area is 152 Å². The van der Waals surface area contributed by atoms with Crippen molar-refractivity contribution in [1.29, 1.82) is 0 Å². The standard InChI is InChI=1S/C20H22FN3O2/c1-15-3-2-4-16(13-15)14-22-19(25)20(26)24-11-9-23(10-12-24)18-7-5-17(21)6-8-18/h2-8,13H,9-12,14H2,1H3,(H,22,25). The Hall–Kier alpha value is -2.89. The third-order valence-corrected chi connectivity index (χ3v) is 4.49. The zero-order valence-corrected chi connectivity index (χ0v) is 14.7. The molecule has 0 bridgehead atoms. The third-order valence-electron chi connectivity index (χ3n) is 4.49. The fourth-order valence-electron chi connectivity index (χ4n) is 3.04. The minimum atomic E-state index is -0.582. The van der Waals surface area contributed by atoms with Crippen molar-refractivity contribution in [3.63, 3.8) is 0 Å². The van der Waals surface area contributed by atoms with E-state index in [0.29, 0.717) is 32.7 Å². The molecule has 0 spiro atoms. The zero-order valence-electron chi connectivity index (χ0n) is 14.7. The van der Waals surface area contributed by atoms with Crippen molar-refractivity contribution in [3.05, 3.63) is 65.5 Å². The first-order valence-electron chi connectivity index (χ1n) is 8.66. The van der Waals surface area contributed by atoms with Crippen LogP contribution in [0.5, 0.6) is 0 Å². The lowest BCUT2D eigenvalue weighted by Gasteiger charge is -2.35. The van der Waals surface area contributed by atoms with Gasteiger partial charge < -0.3 is 15.1 Å². The Morgan fingerprint density at radius 2 is 1.73 bits per heavy atom. The van der Waals surface area contributed by atoms with Gasteiger partial charge in [-0.2, -0.15) is 0 Å². The molecule has 0 aliphatic carbocycles. The van der Waals surface area contributed by atoms with Crippen molar-refractivity contribution in [2.75, 3.05) is 31.1 Å². The summed E-state index contributed by atoms with van der Waals surface area (Å²) in [5.74, 6) is -1.36. The molecular formula is C20H22FN3O2. The number of halogens is 1. The van der Waals surface area contributed by atoms with Gasteiger partial charge in [0.15, 0.2) is 0 Å². The van der Waals surface area contributed by atoms with E-state index in [9.17, 15) is 14.0 Å². The molecule has 1 N–H and O–H groups in total. The van der Waals surface area contributed by atoms with E-state index >= 15 is 0 Å². The lowest BCUT2D eigenvalue weighted by atomic mass is 10.1. The summed E-state index contributed by atoms with van der Waals surface area (Å²) in [7, 11) is 0. The summed E-state index contributed by atoms with van der Waals surface area (Å²) < 4.78 is 13.0. The summed E-state index contributed by atoms with van der Waals surface area (Å²) in [6, 6.07) is 14.1. The second kappa shape index (κ2) is 7.99. The van der Waals surface area contributed by atoms with Gasteiger partial charge in [-0.3, -0.25) is 9.59 Å². The average Bonchev–Trinajstić information content (AvgIpc) is 2.66.